The van der Waals surface area contributed by atoms with Crippen molar-refractivity contribution in [2.45, 2.75) is 27.7 Å². The Morgan fingerprint density at radius 2 is 1.26 bits per heavy atom. The highest BCUT2D eigenvalue weighted by Gasteiger charge is 2.15. The molecule has 4 aromatic carbocycles. The molecule has 0 aliphatic rings. The smallest absolute Gasteiger partial charge is 0.221 e. The number of rotatable bonds is 11. The zero-order valence-corrected chi connectivity index (χ0v) is 24.8. The number of nitrogens with one attached hydrogen (secondary N) is 1. The van der Waals surface area contributed by atoms with Gasteiger partial charge in [-0.15, -0.1) is 5.11 Å². The molecule has 11 heteroatoms. The summed E-state index contributed by atoms with van der Waals surface area (Å²) in [7, 11) is 1.61. The first-order valence-corrected chi connectivity index (χ1v) is 13.8. The zero-order valence-electron chi connectivity index (χ0n) is 24.8. The third kappa shape index (κ3) is 8.29. The fraction of sp³-hybridized carbons (Fsp3) is 0.219. The van der Waals surface area contributed by atoms with Crippen LogP contribution in [0.5, 0.6) is 11.5 Å². The molecule has 0 aliphatic carbocycles. The van der Waals surface area contributed by atoms with Gasteiger partial charge in [-0.25, -0.2) is 0 Å². The number of phenols is 1. The predicted octanol–water partition coefficient (Wildman–Crippen LogP) is 9.76. The summed E-state index contributed by atoms with van der Waals surface area (Å²) in [5, 5.41) is 38.1. The molecule has 2 N–H and O–H groups in total. The van der Waals surface area contributed by atoms with Crippen LogP contribution in [0.3, 0.4) is 0 Å². The largest absolute Gasteiger partial charge is 0.508 e. The van der Waals surface area contributed by atoms with E-state index in [-0.39, 0.29) is 11.7 Å². The molecule has 0 aromatic heterocycles. The normalized spacial score (nSPS) is 11.5. The van der Waals surface area contributed by atoms with Crippen molar-refractivity contribution in [3.05, 3.63) is 84.4 Å². The quantitative estimate of drug-likeness (QED) is 0.171. The highest BCUT2D eigenvalue weighted by atomic mass is 16.5. The van der Waals surface area contributed by atoms with Gasteiger partial charge in [-0.05, 0) is 99.1 Å². The molecule has 0 bridgehead atoms. The minimum Gasteiger partial charge on any atom is -0.508 e. The van der Waals surface area contributed by atoms with E-state index in [2.05, 4.69) is 54.7 Å². The highest BCUT2D eigenvalue weighted by Crippen LogP contribution is 2.39. The van der Waals surface area contributed by atoms with E-state index in [1.807, 2.05) is 25.1 Å². The SMILES string of the molecule is CCN(CC)c1cc(NC(C)=O)c(N=Nc2ccc(N=Nc3ccc(N=Nc4ccc(O)cc4)cc3)c(C)c2)cc1OC. The van der Waals surface area contributed by atoms with E-state index in [1.54, 1.807) is 67.8 Å². The maximum atomic E-state index is 11.9. The Balaban J connectivity index is 1.48. The first-order valence-electron chi connectivity index (χ1n) is 13.8. The fourth-order valence-corrected chi connectivity index (χ4v) is 4.16. The van der Waals surface area contributed by atoms with Crippen molar-refractivity contribution in [3.63, 3.8) is 0 Å². The number of aromatic hydroxyl groups is 1. The Morgan fingerprint density at radius 3 is 1.79 bits per heavy atom. The third-order valence-electron chi connectivity index (χ3n) is 6.42. The van der Waals surface area contributed by atoms with Gasteiger partial charge in [0.15, 0.2) is 0 Å². The second-order valence-electron chi connectivity index (χ2n) is 9.50. The Labute approximate surface area is 250 Å². The van der Waals surface area contributed by atoms with E-state index in [4.69, 9.17) is 4.74 Å². The monoisotopic (exact) mass is 578 g/mol. The first-order chi connectivity index (χ1) is 20.8. The Hall–Kier alpha value is -5.45. The number of carbonyl (C=O) groups excluding carboxylic acids is 1. The van der Waals surface area contributed by atoms with Gasteiger partial charge in [-0.1, -0.05) is 0 Å². The van der Waals surface area contributed by atoms with Gasteiger partial charge in [0.1, 0.15) is 17.2 Å². The molecule has 1 amide bonds. The minimum atomic E-state index is -0.203. The average molecular weight is 579 g/mol. The van der Waals surface area contributed by atoms with Crippen LogP contribution < -0.4 is 15.0 Å². The maximum absolute atomic E-state index is 11.9. The number of methoxy groups -OCH3 is 1. The van der Waals surface area contributed by atoms with E-state index in [1.165, 1.54) is 6.92 Å². The van der Waals surface area contributed by atoms with Crippen LogP contribution in [0.15, 0.2) is 110 Å². The molecule has 11 nitrogen and oxygen atoms in total. The molecule has 0 heterocycles. The lowest BCUT2D eigenvalue weighted by molar-refractivity contribution is -0.114. The zero-order chi connectivity index (χ0) is 30.8. The number of azo groups is 3. The summed E-state index contributed by atoms with van der Waals surface area (Å²) in [4.78, 5) is 14.0. The summed E-state index contributed by atoms with van der Waals surface area (Å²) in [6.45, 7) is 9.07. The number of aryl methyl sites for hydroxylation is 1. The van der Waals surface area contributed by atoms with E-state index in [9.17, 15) is 9.90 Å². The summed E-state index contributed by atoms with van der Waals surface area (Å²) < 4.78 is 5.63. The predicted molar refractivity (Wildman–Crippen MR) is 169 cm³/mol. The molecule has 220 valence electrons. The first kappa shape index (κ1) is 30.5. The van der Waals surface area contributed by atoms with Gasteiger partial charge in [-0.3, -0.25) is 4.79 Å². The van der Waals surface area contributed by atoms with Crippen molar-refractivity contribution >= 4 is 51.4 Å². The maximum Gasteiger partial charge on any atom is 0.221 e. The molecule has 0 saturated heterocycles. The molecule has 0 aliphatic heterocycles. The molecule has 0 unspecified atom stereocenters. The Morgan fingerprint density at radius 1 is 0.744 bits per heavy atom. The average Bonchev–Trinajstić information content (AvgIpc) is 3.00. The molecule has 0 atom stereocenters. The number of nitrogens with zero attached hydrogens (tertiary/aromatic N) is 7. The Bertz CT molecular complexity index is 1640. The summed E-state index contributed by atoms with van der Waals surface area (Å²) in [5.74, 6) is 0.621. The van der Waals surface area contributed by atoms with Gasteiger partial charge in [0.2, 0.25) is 5.91 Å². The van der Waals surface area contributed by atoms with Crippen LogP contribution in [-0.4, -0.2) is 31.2 Å². The van der Waals surface area contributed by atoms with Crippen molar-refractivity contribution in [3.8, 4) is 11.5 Å². The molecular weight excluding hydrogens is 544 g/mol. The third-order valence-corrected chi connectivity index (χ3v) is 6.42. The van der Waals surface area contributed by atoms with Gasteiger partial charge in [0.05, 0.1) is 46.9 Å². The van der Waals surface area contributed by atoms with Crippen LogP contribution in [0, 0.1) is 6.92 Å². The molecular formula is C32H34N8O3. The lowest BCUT2D eigenvalue weighted by Crippen LogP contribution is -2.22. The van der Waals surface area contributed by atoms with E-state index in [0.717, 1.165) is 24.3 Å². The molecule has 43 heavy (non-hydrogen) atoms. The summed E-state index contributed by atoms with van der Waals surface area (Å²) >= 11 is 0. The summed E-state index contributed by atoms with van der Waals surface area (Å²) in [6.07, 6.45) is 0. The van der Waals surface area contributed by atoms with E-state index >= 15 is 0 Å². The second kappa shape index (κ2) is 14.4. The van der Waals surface area contributed by atoms with Crippen molar-refractivity contribution in [1.29, 1.82) is 0 Å². The molecule has 4 rings (SSSR count). The lowest BCUT2D eigenvalue weighted by atomic mass is 10.2. The number of hydrogen-bond donors (Lipinski definition) is 2. The Kier molecular flexibility index (Phi) is 10.2. The highest BCUT2D eigenvalue weighted by molar-refractivity contribution is 5.93. The second-order valence-corrected chi connectivity index (χ2v) is 9.50. The number of phenolic OH excluding ortho intramolecular Hbond substituents is 1. The number of carbonyl (C=O) groups is 1. The van der Waals surface area contributed by atoms with Crippen LogP contribution >= 0.6 is 0 Å². The van der Waals surface area contributed by atoms with E-state index < -0.39 is 0 Å². The van der Waals surface area contributed by atoms with Gasteiger partial charge in [-0.2, -0.15) is 25.6 Å². The van der Waals surface area contributed by atoms with Crippen molar-refractivity contribution in [2.75, 3.05) is 30.4 Å². The molecule has 0 radical (unpaired) electrons. The topological polar surface area (TPSA) is 136 Å². The van der Waals surface area contributed by atoms with Crippen LogP contribution in [-0.2, 0) is 4.79 Å². The van der Waals surface area contributed by atoms with Crippen molar-refractivity contribution in [2.24, 2.45) is 30.7 Å². The molecule has 0 saturated carbocycles. The van der Waals surface area contributed by atoms with Gasteiger partial charge < -0.3 is 20.1 Å². The number of ether oxygens (including phenoxy) is 1. The van der Waals surface area contributed by atoms with Crippen molar-refractivity contribution in [1.82, 2.24) is 0 Å². The van der Waals surface area contributed by atoms with Gasteiger partial charge in [0.25, 0.3) is 0 Å². The molecule has 4 aromatic rings. The van der Waals surface area contributed by atoms with Gasteiger partial charge >= 0.3 is 0 Å². The number of hydrogen-bond acceptors (Lipinski definition) is 10. The lowest BCUT2D eigenvalue weighted by Gasteiger charge is -2.24. The summed E-state index contributed by atoms with van der Waals surface area (Å²) in [5.41, 5.74) is 6.06. The van der Waals surface area contributed by atoms with Crippen LogP contribution in [0.4, 0.5) is 45.5 Å². The fourth-order valence-electron chi connectivity index (χ4n) is 4.16. The molecule has 0 spiro atoms. The molecule has 0 fully saturated rings. The number of anilines is 2. The van der Waals surface area contributed by atoms with Crippen LogP contribution in [0.1, 0.15) is 26.3 Å². The van der Waals surface area contributed by atoms with E-state index in [0.29, 0.717) is 45.6 Å². The summed E-state index contributed by atoms with van der Waals surface area (Å²) in [6, 6.07) is 22.8. The number of amides is 1. The standard InChI is InChI=1S/C32H34N8O3/c1-6-40(7-2)31-19-29(33-22(4)41)30(20-32(31)43-5)39-37-26-14-17-28(21(3)18-26)38-36-24-10-8-23(9-11-24)34-35-25-12-15-27(42)16-13-25/h8-20,42H,6-7H2,1-5H3,(H,33,41). The van der Waals surface area contributed by atoms with Crippen molar-refractivity contribution < 1.29 is 14.6 Å². The number of benzene rings is 4. The minimum absolute atomic E-state index is 0.179. The van der Waals surface area contributed by atoms with Gasteiger partial charge in [0, 0.05) is 26.1 Å². The van der Waals surface area contributed by atoms with Crippen LogP contribution in [0.2, 0.25) is 0 Å². The van der Waals surface area contributed by atoms with Crippen LogP contribution in [0.25, 0.3) is 0 Å².